The van der Waals surface area contributed by atoms with E-state index in [-0.39, 0.29) is 54.7 Å². The van der Waals surface area contributed by atoms with Gasteiger partial charge in [-0.3, -0.25) is 14.4 Å². The largest absolute Gasteiger partial charge is 0.513 e. The smallest absolute Gasteiger partial charge is 0.468 e. The van der Waals surface area contributed by atoms with E-state index >= 15 is 0 Å². The number of hydrogen-bond donors (Lipinski definition) is 1. The fourth-order valence-corrected chi connectivity index (χ4v) is 3.63. The Balaban J connectivity index is 2.11. The van der Waals surface area contributed by atoms with Crippen LogP contribution in [0, 0.1) is 10.8 Å². The molecule has 0 aliphatic rings. The van der Waals surface area contributed by atoms with Gasteiger partial charge in [0.05, 0.1) is 20.0 Å². The molecule has 0 heterocycles. The third kappa shape index (κ3) is 13.3. The van der Waals surface area contributed by atoms with Crippen molar-refractivity contribution in [2.45, 2.75) is 66.8 Å². The number of carbonyl (C=O) groups excluding carboxylic acids is 4. The Morgan fingerprint density at radius 2 is 1.37 bits per heavy atom. The minimum atomic E-state index is -0.870. The predicted octanol–water partition coefficient (Wildman–Crippen LogP) is 5.26. The summed E-state index contributed by atoms with van der Waals surface area (Å²) in [7, 11) is 1.27. The molecule has 0 aliphatic carbocycles. The molecule has 0 saturated carbocycles. The maximum absolute atomic E-state index is 12.6. The van der Waals surface area contributed by atoms with Gasteiger partial charge in [0, 0.05) is 6.54 Å². The first-order valence-electron chi connectivity index (χ1n) is 13.4. The number of methoxy groups -OCH3 is 1. The van der Waals surface area contributed by atoms with Gasteiger partial charge in [0.15, 0.2) is 11.5 Å². The lowest BCUT2D eigenvalue weighted by Gasteiger charge is -2.20. The molecule has 0 radical (unpaired) electrons. The summed E-state index contributed by atoms with van der Waals surface area (Å²) in [6.45, 7) is 11.6. The molecule has 0 saturated heterocycles. The quantitative estimate of drug-likeness (QED) is 0.156. The van der Waals surface area contributed by atoms with Crippen molar-refractivity contribution in [2.75, 3.05) is 20.3 Å². The zero-order chi connectivity index (χ0) is 30.6. The van der Waals surface area contributed by atoms with Crippen LogP contribution >= 0.6 is 0 Å². The number of nitrogens with one attached hydrogen (secondary N) is 1. The lowest BCUT2D eigenvalue weighted by molar-refractivity contribution is -0.143. The Hall–Kier alpha value is -3.92. The first-order chi connectivity index (χ1) is 19.1. The number of carbonyl (C=O) groups is 4. The van der Waals surface area contributed by atoms with Crippen LogP contribution in [0.1, 0.15) is 59.9 Å². The minimum absolute atomic E-state index is 0.0580. The fourth-order valence-electron chi connectivity index (χ4n) is 3.63. The minimum Gasteiger partial charge on any atom is -0.468 e. The fraction of sp³-hybridized carbons (Fsp3) is 0.484. The molecule has 2 aromatic carbocycles. The number of hydrogen-bond acceptors (Lipinski definition) is 10. The Morgan fingerprint density at radius 1 is 0.780 bits per heavy atom. The first-order valence-corrected chi connectivity index (χ1v) is 13.4. The molecule has 0 bridgehead atoms. The topological polar surface area (TPSA) is 126 Å². The first kappa shape index (κ1) is 33.3. The molecule has 0 fully saturated rings. The predicted molar refractivity (Wildman–Crippen MR) is 152 cm³/mol. The van der Waals surface area contributed by atoms with E-state index in [1.165, 1.54) is 13.2 Å². The highest BCUT2D eigenvalue weighted by Gasteiger charge is 2.24. The maximum Gasteiger partial charge on any atom is 0.513 e. The standard InChI is InChI=1S/C31H41NO9/c1-30(2,3)19-26(33)40-24-14-13-21(18-25(24)41-27(34)20-31(4,5)6)17-23(28(35)37-7)32-15-16-38-29(36)39-22-11-9-8-10-12-22/h8-14,18,23,32H,15-17,19-20H2,1-7H3/t23-/m0/s1. The van der Waals surface area contributed by atoms with Crippen molar-refractivity contribution in [3.05, 3.63) is 54.1 Å². The van der Waals surface area contributed by atoms with Crippen molar-refractivity contribution in [1.82, 2.24) is 5.32 Å². The number of rotatable bonds is 12. The van der Waals surface area contributed by atoms with Gasteiger partial charge < -0.3 is 29.0 Å². The third-order valence-corrected chi connectivity index (χ3v) is 5.39. The Bertz CT molecular complexity index is 1180. The van der Waals surface area contributed by atoms with Crippen LogP contribution in [-0.4, -0.2) is 50.4 Å². The van der Waals surface area contributed by atoms with Crippen molar-refractivity contribution in [3.8, 4) is 17.2 Å². The summed E-state index contributed by atoms with van der Waals surface area (Å²) in [5, 5.41) is 3.00. The molecule has 10 heteroatoms. The SMILES string of the molecule is COC(=O)[C@H](Cc1ccc(OC(=O)CC(C)(C)C)c(OC(=O)CC(C)(C)C)c1)NCCOC(=O)Oc1ccccc1. The van der Waals surface area contributed by atoms with Crippen LogP contribution in [0.5, 0.6) is 17.2 Å². The van der Waals surface area contributed by atoms with Crippen LogP contribution < -0.4 is 19.5 Å². The maximum atomic E-state index is 12.6. The normalized spacial score (nSPS) is 12.2. The molecule has 0 unspecified atom stereocenters. The Labute approximate surface area is 241 Å². The van der Waals surface area contributed by atoms with Gasteiger partial charge in [-0.1, -0.05) is 65.8 Å². The summed E-state index contributed by atoms with van der Waals surface area (Å²) < 4.78 is 26.2. The molecule has 1 N–H and O–H groups in total. The number of para-hydroxylation sites is 1. The molecular weight excluding hydrogens is 530 g/mol. The summed E-state index contributed by atoms with van der Waals surface area (Å²) in [5.74, 6) is -0.941. The van der Waals surface area contributed by atoms with Gasteiger partial charge in [-0.25, -0.2) is 4.79 Å². The van der Waals surface area contributed by atoms with Crippen LogP contribution in [0.15, 0.2) is 48.5 Å². The van der Waals surface area contributed by atoms with Gasteiger partial charge in [-0.15, -0.1) is 0 Å². The van der Waals surface area contributed by atoms with Gasteiger partial charge in [-0.2, -0.15) is 0 Å². The zero-order valence-electron chi connectivity index (χ0n) is 24.9. The van der Waals surface area contributed by atoms with Crippen LogP contribution in [0.3, 0.4) is 0 Å². The second kappa shape index (κ2) is 15.2. The highest BCUT2D eigenvalue weighted by Crippen LogP contribution is 2.32. The van der Waals surface area contributed by atoms with Gasteiger partial charge >= 0.3 is 24.1 Å². The van der Waals surface area contributed by atoms with Crippen LogP contribution in [0.25, 0.3) is 0 Å². The number of esters is 3. The van der Waals surface area contributed by atoms with E-state index < -0.39 is 30.1 Å². The molecule has 224 valence electrons. The van der Waals surface area contributed by atoms with E-state index in [1.807, 2.05) is 41.5 Å². The molecule has 2 aromatic rings. The summed E-state index contributed by atoms with van der Waals surface area (Å²) in [4.78, 5) is 49.5. The van der Waals surface area contributed by atoms with E-state index in [4.69, 9.17) is 23.7 Å². The lowest BCUT2D eigenvalue weighted by Crippen LogP contribution is -2.41. The molecule has 0 spiro atoms. The summed E-state index contributed by atoms with van der Waals surface area (Å²) in [6.07, 6.45) is -0.405. The highest BCUT2D eigenvalue weighted by molar-refractivity contribution is 5.78. The average Bonchev–Trinajstić information content (AvgIpc) is 2.85. The summed E-state index contributed by atoms with van der Waals surface area (Å²) >= 11 is 0. The number of ether oxygens (including phenoxy) is 5. The molecule has 0 aromatic heterocycles. The molecule has 41 heavy (non-hydrogen) atoms. The van der Waals surface area contributed by atoms with Gasteiger partial charge in [0.2, 0.25) is 0 Å². The molecule has 0 amide bonds. The van der Waals surface area contributed by atoms with Crippen LogP contribution in [0.2, 0.25) is 0 Å². The van der Waals surface area contributed by atoms with Gasteiger partial charge in [-0.05, 0) is 47.1 Å². The molecule has 2 rings (SSSR count). The Morgan fingerprint density at radius 3 is 1.93 bits per heavy atom. The van der Waals surface area contributed by atoms with Crippen molar-refractivity contribution in [2.24, 2.45) is 10.8 Å². The van der Waals surface area contributed by atoms with Gasteiger partial charge in [0.25, 0.3) is 0 Å². The molecule has 0 aliphatic heterocycles. The Kier molecular flexibility index (Phi) is 12.3. The van der Waals surface area contributed by atoms with Gasteiger partial charge in [0.1, 0.15) is 18.4 Å². The third-order valence-electron chi connectivity index (χ3n) is 5.39. The van der Waals surface area contributed by atoms with E-state index in [0.29, 0.717) is 11.3 Å². The molecular formula is C31H41NO9. The average molecular weight is 572 g/mol. The summed E-state index contributed by atoms with van der Waals surface area (Å²) in [6, 6.07) is 12.5. The number of benzene rings is 2. The van der Waals surface area contributed by atoms with Crippen LogP contribution in [0.4, 0.5) is 4.79 Å². The second-order valence-corrected chi connectivity index (χ2v) is 12.0. The van der Waals surface area contributed by atoms with E-state index in [2.05, 4.69) is 5.32 Å². The monoisotopic (exact) mass is 571 g/mol. The van der Waals surface area contributed by atoms with Crippen molar-refractivity contribution in [1.29, 1.82) is 0 Å². The van der Waals surface area contributed by atoms with E-state index in [1.54, 1.807) is 42.5 Å². The summed E-state index contributed by atoms with van der Waals surface area (Å²) in [5.41, 5.74) is 0.0147. The van der Waals surface area contributed by atoms with E-state index in [0.717, 1.165) is 0 Å². The lowest BCUT2D eigenvalue weighted by atomic mass is 9.92. The zero-order valence-corrected chi connectivity index (χ0v) is 24.9. The van der Waals surface area contributed by atoms with Crippen molar-refractivity contribution in [3.63, 3.8) is 0 Å². The molecule has 10 nitrogen and oxygen atoms in total. The molecule has 1 atom stereocenters. The second-order valence-electron chi connectivity index (χ2n) is 12.0. The highest BCUT2D eigenvalue weighted by atomic mass is 16.7. The van der Waals surface area contributed by atoms with E-state index in [9.17, 15) is 19.2 Å². The van der Waals surface area contributed by atoms with Crippen molar-refractivity contribution >= 4 is 24.1 Å². The van der Waals surface area contributed by atoms with Crippen LogP contribution in [-0.2, 0) is 30.3 Å². The van der Waals surface area contributed by atoms with Crippen molar-refractivity contribution < 1.29 is 42.9 Å².